The van der Waals surface area contributed by atoms with E-state index in [0.29, 0.717) is 0 Å². The van der Waals surface area contributed by atoms with Gasteiger partial charge in [-0.1, -0.05) is 12.1 Å². The van der Waals surface area contributed by atoms with Gasteiger partial charge < -0.3 is 14.5 Å². The lowest BCUT2D eigenvalue weighted by Crippen LogP contribution is -2.56. The molecule has 0 spiro atoms. The first-order valence-electron chi connectivity index (χ1n) is 11.9. The van der Waals surface area contributed by atoms with E-state index in [0.717, 1.165) is 49.1 Å². The molecule has 4 fully saturated rings. The number of carbonyl (C=O) groups is 2. The highest BCUT2D eigenvalue weighted by atomic mass is 19.4. The van der Waals surface area contributed by atoms with Crippen LogP contribution in [0.4, 0.5) is 13.2 Å². The van der Waals surface area contributed by atoms with Crippen LogP contribution in [-0.4, -0.2) is 24.5 Å². The second-order valence-corrected chi connectivity index (χ2v) is 10.4. The van der Waals surface area contributed by atoms with Crippen molar-refractivity contribution in [2.24, 2.45) is 23.2 Å². The number of ether oxygens (including phenoxy) is 1. The molecule has 8 heteroatoms. The summed E-state index contributed by atoms with van der Waals surface area (Å²) < 4.78 is 49.4. The Balaban J connectivity index is 1.16. The molecule has 182 valence electrons. The van der Waals surface area contributed by atoms with Crippen molar-refractivity contribution in [3.63, 3.8) is 0 Å². The van der Waals surface area contributed by atoms with E-state index in [9.17, 15) is 22.8 Å². The van der Waals surface area contributed by atoms with Gasteiger partial charge in [0.2, 0.25) is 5.76 Å². The van der Waals surface area contributed by atoms with Crippen LogP contribution in [0.5, 0.6) is 0 Å². The van der Waals surface area contributed by atoms with Crippen molar-refractivity contribution < 1.29 is 31.9 Å². The third-order valence-corrected chi connectivity index (χ3v) is 8.00. The fourth-order valence-corrected chi connectivity index (χ4v) is 6.80. The van der Waals surface area contributed by atoms with Gasteiger partial charge in [0.1, 0.15) is 5.76 Å². The molecule has 0 unspecified atom stereocenters. The molecule has 0 saturated heterocycles. The summed E-state index contributed by atoms with van der Waals surface area (Å²) in [4.78, 5) is 24.9. The number of amides is 1. The second kappa shape index (κ2) is 8.47. The maximum atomic E-state index is 12.9. The molecule has 1 N–H and O–H groups in total. The zero-order valence-electron chi connectivity index (χ0n) is 19.0. The molecule has 4 aliphatic rings. The molecule has 1 heterocycles. The average molecular weight is 476 g/mol. The SMILES string of the molecule is C[C@H](NC(=O)COC(=O)c1ccc(-c2cccc(C(F)(F)F)c2)o1)C12CC3CC(CC(C3)C1)C2. The summed E-state index contributed by atoms with van der Waals surface area (Å²) in [6.45, 7) is 1.62. The quantitative estimate of drug-likeness (QED) is 0.533. The van der Waals surface area contributed by atoms with Gasteiger partial charge >= 0.3 is 12.1 Å². The van der Waals surface area contributed by atoms with E-state index in [2.05, 4.69) is 12.2 Å². The highest BCUT2D eigenvalue weighted by Gasteiger charge is 2.53. The Labute approximate surface area is 196 Å². The van der Waals surface area contributed by atoms with Crippen LogP contribution in [0.2, 0.25) is 0 Å². The van der Waals surface area contributed by atoms with E-state index in [1.54, 1.807) is 0 Å². The molecule has 0 aliphatic heterocycles. The van der Waals surface area contributed by atoms with Gasteiger partial charge in [0.25, 0.3) is 5.91 Å². The molecule has 1 atom stereocenters. The van der Waals surface area contributed by atoms with Gasteiger partial charge in [0, 0.05) is 11.6 Å². The van der Waals surface area contributed by atoms with Crippen LogP contribution < -0.4 is 5.32 Å². The van der Waals surface area contributed by atoms with Crippen LogP contribution in [0.15, 0.2) is 40.8 Å². The van der Waals surface area contributed by atoms with Gasteiger partial charge in [-0.2, -0.15) is 13.2 Å². The largest absolute Gasteiger partial charge is 0.450 e. The smallest absolute Gasteiger partial charge is 0.416 e. The van der Waals surface area contributed by atoms with Crippen molar-refractivity contribution in [1.82, 2.24) is 5.32 Å². The molecule has 0 radical (unpaired) electrons. The fourth-order valence-electron chi connectivity index (χ4n) is 6.80. The predicted molar refractivity (Wildman–Crippen MR) is 118 cm³/mol. The van der Waals surface area contributed by atoms with Gasteiger partial charge in [0.15, 0.2) is 6.61 Å². The molecule has 4 bridgehead atoms. The van der Waals surface area contributed by atoms with Crippen LogP contribution in [0.3, 0.4) is 0 Å². The molecule has 2 aromatic rings. The van der Waals surface area contributed by atoms with Crippen molar-refractivity contribution >= 4 is 11.9 Å². The summed E-state index contributed by atoms with van der Waals surface area (Å²) in [7, 11) is 0. The predicted octanol–water partition coefficient (Wildman–Crippen LogP) is 5.84. The molecule has 34 heavy (non-hydrogen) atoms. The van der Waals surface area contributed by atoms with E-state index in [1.807, 2.05) is 0 Å². The highest BCUT2D eigenvalue weighted by molar-refractivity contribution is 5.89. The average Bonchev–Trinajstić information content (AvgIpc) is 3.26. The van der Waals surface area contributed by atoms with Crippen molar-refractivity contribution in [1.29, 1.82) is 0 Å². The lowest BCUT2D eigenvalue weighted by Gasteiger charge is -2.59. The van der Waals surface area contributed by atoms with E-state index < -0.39 is 24.3 Å². The van der Waals surface area contributed by atoms with Crippen LogP contribution in [-0.2, 0) is 15.7 Å². The Hall–Kier alpha value is -2.77. The number of halogens is 3. The minimum atomic E-state index is -4.48. The Morgan fingerprint density at radius 1 is 1.09 bits per heavy atom. The van der Waals surface area contributed by atoms with E-state index in [-0.39, 0.29) is 34.4 Å². The third-order valence-electron chi connectivity index (χ3n) is 8.00. The number of benzene rings is 1. The number of rotatable bonds is 6. The van der Waals surface area contributed by atoms with Crippen molar-refractivity contribution in [3.05, 3.63) is 47.7 Å². The number of hydrogen-bond acceptors (Lipinski definition) is 4. The van der Waals surface area contributed by atoms with Crippen LogP contribution >= 0.6 is 0 Å². The van der Waals surface area contributed by atoms with Crippen molar-refractivity contribution in [2.75, 3.05) is 6.61 Å². The number of alkyl halides is 3. The van der Waals surface area contributed by atoms with Crippen LogP contribution in [0.1, 0.15) is 61.6 Å². The summed E-state index contributed by atoms with van der Waals surface area (Å²) >= 11 is 0. The molecular weight excluding hydrogens is 447 g/mol. The normalized spacial score (nSPS) is 28.5. The summed E-state index contributed by atoms with van der Waals surface area (Å²) in [5.41, 5.74) is -0.471. The summed E-state index contributed by atoms with van der Waals surface area (Å²) in [6, 6.07) is 7.40. The van der Waals surface area contributed by atoms with Gasteiger partial charge in [-0.3, -0.25) is 4.79 Å². The third kappa shape index (κ3) is 4.46. The number of hydrogen-bond donors (Lipinski definition) is 1. The van der Waals surface area contributed by atoms with Gasteiger partial charge in [-0.15, -0.1) is 0 Å². The van der Waals surface area contributed by atoms with E-state index >= 15 is 0 Å². The van der Waals surface area contributed by atoms with Crippen LogP contribution in [0.25, 0.3) is 11.3 Å². The maximum Gasteiger partial charge on any atom is 0.416 e. The maximum absolute atomic E-state index is 12.9. The summed E-state index contributed by atoms with van der Waals surface area (Å²) in [5, 5.41) is 3.04. The second-order valence-electron chi connectivity index (χ2n) is 10.4. The van der Waals surface area contributed by atoms with E-state index in [1.165, 1.54) is 43.5 Å². The van der Waals surface area contributed by atoms with Crippen molar-refractivity contribution in [2.45, 2.75) is 57.7 Å². The Morgan fingerprint density at radius 2 is 1.74 bits per heavy atom. The minimum absolute atomic E-state index is 0.0169. The fraction of sp³-hybridized carbons (Fsp3) is 0.538. The molecule has 4 aliphatic carbocycles. The number of esters is 1. The first-order valence-corrected chi connectivity index (χ1v) is 11.9. The van der Waals surface area contributed by atoms with Gasteiger partial charge in [-0.05, 0) is 92.9 Å². The van der Waals surface area contributed by atoms with E-state index in [4.69, 9.17) is 9.15 Å². The minimum Gasteiger partial charge on any atom is -0.450 e. The monoisotopic (exact) mass is 475 g/mol. The first-order chi connectivity index (χ1) is 16.1. The summed E-state index contributed by atoms with van der Waals surface area (Å²) in [5.74, 6) is 1.06. The Bertz CT molecular complexity index is 1050. The molecule has 1 aromatic heterocycles. The number of furan rings is 1. The standard InChI is InChI=1S/C26H28F3NO4/c1-15(25-11-16-7-17(12-25)9-18(8-16)13-25)30-23(31)14-33-24(32)22-6-5-21(34-22)19-3-2-4-20(10-19)26(27,28)29/h2-6,10,15-18H,7-9,11-14H2,1H3,(H,30,31)/t15-,16?,17?,18?,25?/m0/s1. The Morgan fingerprint density at radius 3 is 2.35 bits per heavy atom. The molecule has 1 aromatic carbocycles. The van der Waals surface area contributed by atoms with Crippen LogP contribution in [0, 0.1) is 23.2 Å². The molecule has 4 saturated carbocycles. The first kappa shape index (κ1) is 23.0. The summed E-state index contributed by atoms with van der Waals surface area (Å²) in [6.07, 6.45) is 2.96. The topological polar surface area (TPSA) is 68.5 Å². The van der Waals surface area contributed by atoms with Gasteiger partial charge in [0.05, 0.1) is 5.56 Å². The molecule has 6 rings (SSSR count). The molecular formula is C26H28F3NO4. The zero-order valence-corrected chi connectivity index (χ0v) is 19.0. The number of carbonyl (C=O) groups excluding carboxylic acids is 2. The highest BCUT2D eigenvalue weighted by Crippen LogP contribution is 2.61. The van der Waals surface area contributed by atoms with Gasteiger partial charge in [-0.25, -0.2) is 4.79 Å². The zero-order chi connectivity index (χ0) is 24.1. The lowest BCUT2D eigenvalue weighted by atomic mass is 9.48. The van der Waals surface area contributed by atoms with Crippen molar-refractivity contribution in [3.8, 4) is 11.3 Å². The lowest BCUT2D eigenvalue weighted by molar-refractivity contribution is -0.137. The Kier molecular flexibility index (Phi) is 5.73. The number of nitrogens with one attached hydrogen (secondary N) is 1. The molecule has 1 amide bonds. The molecule has 5 nitrogen and oxygen atoms in total.